The Balaban J connectivity index is 2.21. The van der Waals surface area contributed by atoms with Gasteiger partial charge in [0.1, 0.15) is 0 Å². The van der Waals surface area contributed by atoms with E-state index >= 15 is 0 Å². The normalized spacial score (nSPS) is 21.3. The lowest BCUT2D eigenvalue weighted by molar-refractivity contribution is 0.213. The number of nitrogens with zero attached hydrogens (tertiary/aromatic N) is 2. The predicted octanol–water partition coefficient (Wildman–Crippen LogP) is 2.44. The SMILES string of the molecule is CCC1CN(c2ccc(Br)cc2CN)CCN1C. The molecule has 1 fully saturated rings. The molecular weight excluding hydrogens is 290 g/mol. The van der Waals surface area contributed by atoms with Crippen LogP contribution in [-0.4, -0.2) is 37.6 Å². The predicted molar refractivity (Wildman–Crippen MR) is 81.0 cm³/mol. The van der Waals surface area contributed by atoms with Gasteiger partial charge in [-0.25, -0.2) is 0 Å². The molecule has 4 heteroatoms. The van der Waals surface area contributed by atoms with E-state index in [0.29, 0.717) is 12.6 Å². The minimum atomic E-state index is 0.595. The number of likely N-dealkylation sites (N-methyl/N-ethyl adjacent to an activating group) is 1. The van der Waals surface area contributed by atoms with E-state index in [2.05, 4.69) is 57.9 Å². The lowest BCUT2D eigenvalue weighted by atomic mass is 10.1. The summed E-state index contributed by atoms with van der Waals surface area (Å²) in [6.45, 7) is 6.16. The van der Waals surface area contributed by atoms with E-state index in [4.69, 9.17) is 5.73 Å². The van der Waals surface area contributed by atoms with Crippen LogP contribution >= 0.6 is 15.9 Å². The summed E-state index contributed by atoms with van der Waals surface area (Å²) in [6.07, 6.45) is 1.20. The van der Waals surface area contributed by atoms with Gasteiger partial charge in [-0.15, -0.1) is 0 Å². The van der Waals surface area contributed by atoms with Crippen molar-refractivity contribution in [3.63, 3.8) is 0 Å². The van der Waals surface area contributed by atoms with Gasteiger partial charge in [-0.05, 0) is 37.2 Å². The third-order valence-electron chi connectivity index (χ3n) is 3.85. The van der Waals surface area contributed by atoms with Crippen LogP contribution in [0.1, 0.15) is 18.9 Å². The summed E-state index contributed by atoms with van der Waals surface area (Å²) in [5, 5.41) is 0. The van der Waals surface area contributed by atoms with E-state index in [-0.39, 0.29) is 0 Å². The second-order valence-electron chi connectivity index (χ2n) is 4.97. The third-order valence-corrected chi connectivity index (χ3v) is 4.34. The maximum Gasteiger partial charge on any atom is 0.0413 e. The summed E-state index contributed by atoms with van der Waals surface area (Å²) in [5.41, 5.74) is 8.39. The molecule has 1 aliphatic heterocycles. The quantitative estimate of drug-likeness (QED) is 0.930. The molecule has 3 nitrogen and oxygen atoms in total. The van der Waals surface area contributed by atoms with Crippen LogP contribution in [0, 0.1) is 0 Å². The number of anilines is 1. The largest absolute Gasteiger partial charge is 0.368 e. The van der Waals surface area contributed by atoms with E-state index in [1.165, 1.54) is 17.7 Å². The fraction of sp³-hybridized carbons (Fsp3) is 0.571. The molecule has 1 atom stereocenters. The number of rotatable bonds is 3. The molecule has 1 heterocycles. The number of nitrogens with two attached hydrogens (primary N) is 1. The Kier molecular flexibility index (Phi) is 4.65. The number of benzene rings is 1. The van der Waals surface area contributed by atoms with Crippen LogP contribution in [0.25, 0.3) is 0 Å². The molecule has 2 N–H and O–H groups in total. The minimum Gasteiger partial charge on any atom is -0.368 e. The Labute approximate surface area is 118 Å². The summed E-state index contributed by atoms with van der Waals surface area (Å²) in [5.74, 6) is 0. The molecule has 2 rings (SSSR count). The monoisotopic (exact) mass is 311 g/mol. The van der Waals surface area contributed by atoms with Crippen LogP contribution in [0.4, 0.5) is 5.69 Å². The van der Waals surface area contributed by atoms with E-state index in [1.54, 1.807) is 0 Å². The highest BCUT2D eigenvalue weighted by molar-refractivity contribution is 9.10. The molecule has 1 aromatic carbocycles. The van der Waals surface area contributed by atoms with E-state index < -0.39 is 0 Å². The minimum absolute atomic E-state index is 0.595. The average Bonchev–Trinajstić information content (AvgIpc) is 2.39. The van der Waals surface area contributed by atoms with Crippen molar-refractivity contribution in [3.8, 4) is 0 Å². The highest BCUT2D eigenvalue weighted by Crippen LogP contribution is 2.26. The highest BCUT2D eigenvalue weighted by Gasteiger charge is 2.24. The van der Waals surface area contributed by atoms with Crippen molar-refractivity contribution in [3.05, 3.63) is 28.2 Å². The third kappa shape index (κ3) is 2.87. The van der Waals surface area contributed by atoms with Crippen LogP contribution in [0.3, 0.4) is 0 Å². The molecular formula is C14H22BrN3. The first kappa shape index (κ1) is 13.8. The standard InChI is InChI=1S/C14H22BrN3/c1-3-13-10-18(7-6-17(13)2)14-5-4-12(15)8-11(14)9-16/h4-5,8,13H,3,6-7,9-10,16H2,1-2H3. The summed E-state index contributed by atoms with van der Waals surface area (Å²) < 4.78 is 1.10. The summed E-state index contributed by atoms with van der Waals surface area (Å²) in [6, 6.07) is 7.07. The molecule has 1 aliphatic rings. The van der Waals surface area contributed by atoms with Crippen molar-refractivity contribution in [1.29, 1.82) is 0 Å². The van der Waals surface area contributed by atoms with Gasteiger partial charge in [0.2, 0.25) is 0 Å². The number of hydrogen-bond acceptors (Lipinski definition) is 3. The van der Waals surface area contributed by atoms with Crippen molar-refractivity contribution in [2.75, 3.05) is 31.6 Å². The Hall–Kier alpha value is -0.580. The maximum absolute atomic E-state index is 5.86. The van der Waals surface area contributed by atoms with Crippen molar-refractivity contribution < 1.29 is 0 Å². The Morgan fingerprint density at radius 2 is 2.17 bits per heavy atom. The summed E-state index contributed by atoms with van der Waals surface area (Å²) in [4.78, 5) is 4.93. The van der Waals surface area contributed by atoms with Crippen molar-refractivity contribution >= 4 is 21.6 Å². The van der Waals surface area contributed by atoms with Gasteiger partial charge in [-0.3, -0.25) is 4.90 Å². The maximum atomic E-state index is 5.86. The van der Waals surface area contributed by atoms with Crippen LogP contribution in [-0.2, 0) is 6.54 Å². The molecule has 1 aromatic rings. The Bertz CT molecular complexity index is 408. The first-order valence-electron chi connectivity index (χ1n) is 6.59. The van der Waals surface area contributed by atoms with Gasteiger partial charge in [0.25, 0.3) is 0 Å². The van der Waals surface area contributed by atoms with Crippen LogP contribution in [0.5, 0.6) is 0 Å². The molecule has 0 bridgehead atoms. The second kappa shape index (κ2) is 6.04. The van der Waals surface area contributed by atoms with Crippen LogP contribution < -0.4 is 10.6 Å². The molecule has 18 heavy (non-hydrogen) atoms. The molecule has 0 amide bonds. The highest BCUT2D eigenvalue weighted by atomic mass is 79.9. The van der Waals surface area contributed by atoms with E-state index in [1.807, 2.05) is 0 Å². The fourth-order valence-corrected chi connectivity index (χ4v) is 3.04. The van der Waals surface area contributed by atoms with Gasteiger partial charge >= 0.3 is 0 Å². The molecule has 100 valence electrons. The lowest BCUT2D eigenvalue weighted by Gasteiger charge is -2.41. The van der Waals surface area contributed by atoms with E-state index in [0.717, 1.165) is 24.1 Å². The van der Waals surface area contributed by atoms with Gasteiger partial charge in [0, 0.05) is 42.4 Å². The first-order valence-corrected chi connectivity index (χ1v) is 7.38. The Morgan fingerprint density at radius 3 is 2.83 bits per heavy atom. The molecule has 0 spiro atoms. The van der Waals surface area contributed by atoms with Crippen molar-refractivity contribution in [1.82, 2.24) is 4.90 Å². The van der Waals surface area contributed by atoms with Crippen LogP contribution in [0.2, 0.25) is 0 Å². The lowest BCUT2D eigenvalue weighted by Crippen LogP contribution is -2.51. The van der Waals surface area contributed by atoms with Crippen LogP contribution in [0.15, 0.2) is 22.7 Å². The molecule has 1 saturated heterocycles. The topological polar surface area (TPSA) is 32.5 Å². The number of halogens is 1. The molecule has 1 unspecified atom stereocenters. The first-order chi connectivity index (χ1) is 8.65. The molecule has 0 aromatic heterocycles. The van der Waals surface area contributed by atoms with Gasteiger partial charge < -0.3 is 10.6 Å². The zero-order chi connectivity index (χ0) is 13.1. The van der Waals surface area contributed by atoms with Crippen molar-refractivity contribution in [2.45, 2.75) is 25.9 Å². The smallest absolute Gasteiger partial charge is 0.0413 e. The summed E-state index contributed by atoms with van der Waals surface area (Å²) in [7, 11) is 2.22. The molecule has 0 radical (unpaired) electrons. The summed E-state index contributed by atoms with van der Waals surface area (Å²) >= 11 is 3.51. The van der Waals surface area contributed by atoms with Gasteiger partial charge in [0.05, 0.1) is 0 Å². The van der Waals surface area contributed by atoms with E-state index in [9.17, 15) is 0 Å². The van der Waals surface area contributed by atoms with Gasteiger partial charge in [-0.2, -0.15) is 0 Å². The second-order valence-corrected chi connectivity index (χ2v) is 5.88. The average molecular weight is 312 g/mol. The number of hydrogen-bond donors (Lipinski definition) is 1. The van der Waals surface area contributed by atoms with Crippen molar-refractivity contribution in [2.24, 2.45) is 5.73 Å². The fourth-order valence-electron chi connectivity index (χ4n) is 2.63. The number of piperazine rings is 1. The zero-order valence-corrected chi connectivity index (χ0v) is 12.8. The van der Waals surface area contributed by atoms with Gasteiger partial charge in [-0.1, -0.05) is 22.9 Å². The molecule has 0 aliphatic carbocycles. The Morgan fingerprint density at radius 1 is 1.39 bits per heavy atom. The molecule has 0 saturated carbocycles. The zero-order valence-electron chi connectivity index (χ0n) is 11.2. The van der Waals surface area contributed by atoms with Gasteiger partial charge in [0.15, 0.2) is 0 Å².